The molecule has 250 valence electrons. The first-order valence-electron chi connectivity index (χ1n) is 18.9. The summed E-state index contributed by atoms with van der Waals surface area (Å²) in [5.41, 5.74) is 19.4. The zero-order valence-electron chi connectivity index (χ0n) is 31.0. The number of anilines is 7. The molecule has 4 heteroatoms. The van der Waals surface area contributed by atoms with E-state index in [2.05, 4.69) is 167 Å². The largest absolute Gasteiger partial charge is 0.335 e. The van der Waals surface area contributed by atoms with Crippen LogP contribution < -0.4 is 31.1 Å². The van der Waals surface area contributed by atoms with Crippen molar-refractivity contribution in [2.24, 2.45) is 0 Å². The Kier molecular flexibility index (Phi) is 5.87. The van der Waals surface area contributed by atoms with Crippen molar-refractivity contribution in [2.45, 2.75) is 103 Å². The average molecular weight is 654 g/mol. The van der Waals surface area contributed by atoms with E-state index in [-0.39, 0.29) is 28.6 Å². The molecule has 1 aliphatic carbocycles. The van der Waals surface area contributed by atoms with E-state index in [1.165, 1.54) is 98.6 Å². The summed E-state index contributed by atoms with van der Waals surface area (Å²) in [6.45, 7) is 19.9. The summed E-state index contributed by atoms with van der Waals surface area (Å²) < 4.78 is 0. The van der Waals surface area contributed by atoms with Crippen molar-refractivity contribution >= 4 is 62.9 Å². The molecule has 50 heavy (non-hydrogen) atoms. The van der Waals surface area contributed by atoms with Gasteiger partial charge in [-0.15, -0.1) is 0 Å². The van der Waals surface area contributed by atoms with E-state index in [0.29, 0.717) is 0 Å². The molecule has 2 unspecified atom stereocenters. The third-order valence-corrected chi connectivity index (χ3v) is 14.4. The first-order valence-corrected chi connectivity index (χ1v) is 18.9. The number of benzene rings is 5. The standard InChI is InChI=1S/C46H48BN3/c1-29-23-34-41-36(25-29)47-37-26-30(2)24-35-42(37)50(46(8)22-16-15-21-45(35,46)7)39-28-33(27-38(40(39)47)49(41)44(5,6)43(34,3)4)48(31-17-11-9-12-18-31)32-19-13-10-14-20-32/h9-14,17-20,23-28H,15-16,21-22H2,1-8H3. The van der Waals surface area contributed by atoms with Gasteiger partial charge >= 0.3 is 0 Å². The highest BCUT2D eigenvalue weighted by molar-refractivity contribution is 7.00. The van der Waals surface area contributed by atoms with Crippen LogP contribution in [0, 0.1) is 13.8 Å². The minimum atomic E-state index is -0.147. The Morgan fingerprint density at radius 2 is 1.10 bits per heavy atom. The Hall–Kier alpha value is -4.44. The summed E-state index contributed by atoms with van der Waals surface area (Å²) in [5, 5.41) is 0. The number of rotatable bonds is 3. The fraction of sp³-hybridized carbons (Fsp3) is 0.348. The quantitative estimate of drug-likeness (QED) is 0.180. The molecule has 2 atom stereocenters. The van der Waals surface area contributed by atoms with Crippen LogP contribution in [-0.2, 0) is 10.8 Å². The van der Waals surface area contributed by atoms with Crippen molar-refractivity contribution in [3.05, 3.63) is 119 Å². The van der Waals surface area contributed by atoms with Gasteiger partial charge in [0, 0.05) is 50.5 Å². The molecule has 0 N–H and O–H groups in total. The van der Waals surface area contributed by atoms with Crippen molar-refractivity contribution in [3.8, 4) is 0 Å². The van der Waals surface area contributed by atoms with Crippen LogP contribution in [0.1, 0.15) is 89.5 Å². The SMILES string of the molecule is Cc1cc2c3c(c1)C(C)(C)C(C)(C)N3c1cc(N(c3ccccc3)c3ccccc3)cc3c1B2c1cc(C)cc2c1N3C1(C)CCCCC21C. The van der Waals surface area contributed by atoms with Crippen molar-refractivity contribution in [1.82, 2.24) is 0 Å². The highest BCUT2D eigenvalue weighted by Gasteiger charge is 2.63. The third-order valence-electron chi connectivity index (χ3n) is 14.4. The summed E-state index contributed by atoms with van der Waals surface area (Å²) in [4.78, 5) is 8.12. The topological polar surface area (TPSA) is 9.72 Å². The molecule has 3 nitrogen and oxygen atoms in total. The molecule has 0 amide bonds. The number of hydrogen-bond acceptors (Lipinski definition) is 3. The lowest BCUT2D eigenvalue weighted by atomic mass is 9.33. The number of nitrogens with zero attached hydrogens (tertiary/aromatic N) is 3. The molecule has 0 saturated heterocycles. The summed E-state index contributed by atoms with van der Waals surface area (Å²) in [6.07, 6.45) is 5.00. The molecule has 10 rings (SSSR count). The van der Waals surface area contributed by atoms with E-state index in [4.69, 9.17) is 0 Å². The lowest BCUT2D eigenvalue weighted by Gasteiger charge is -2.53. The second kappa shape index (κ2) is 9.66. The molecule has 5 aromatic carbocycles. The van der Waals surface area contributed by atoms with Crippen molar-refractivity contribution in [1.29, 1.82) is 0 Å². The van der Waals surface area contributed by atoms with Gasteiger partial charge in [0.25, 0.3) is 6.71 Å². The molecular weight excluding hydrogens is 605 g/mol. The first kappa shape index (κ1) is 30.4. The predicted molar refractivity (Wildman–Crippen MR) is 214 cm³/mol. The summed E-state index contributed by atoms with van der Waals surface area (Å²) in [5.74, 6) is 0. The monoisotopic (exact) mass is 653 g/mol. The van der Waals surface area contributed by atoms with Gasteiger partial charge in [0.2, 0.25) is 0 Å². The van der Waals surface area contributed by atoms with E-state index in [0.717, 1.165) is 0 Å². The van der Waals surface area contributed by atoms with Crippen LogP contribution in [-0.4, -0.2) is 17.8 Å². The maximum absolute atomic E-state index is 2.87. The molecule has 1 fully saturated rings. The van der Waals surface area contributed by atoms with Gasteiger partial charge in [0.05, 0.1) is 11.2 Å². The average Bonchev–Trinajstić information content (AvgIpc) is 3.40. The van der Waals surface area contributed by atoms with Crippen molar-refractivity contribution in [2.75, 3.05) is 14.7 Å². The van der Waals surface area contributed by atoms with Crippen LogP contribution in [0.3, 0.4) is 0 Å². The Balaban J connectivity index is 1.37. The fourth-order valence-corrected chi connectivity index (χ4v) is 11.2. The van der Waals surface area contributed by atoms with E-state index in [1.54, 1.807) is 5.56 Å². The van der Waals surface area contributed by atoms with Gasteiger partial charge in [-0.25, -0.2) is 0 Å². The van der Waals surface area contributed by atoms with Gasteiger partial charge in [-0.3, -0.25) is 0 Å². The normalized spacial score (nSPS) is 24.0. The van der Waals surface area contributed by atoms with Crippen LogP contribution in [0.15, 0.2) is 97.1 Å². The van der Waals surface area contributed by atoms with E-state index in [1.807, 2.05) is 0 Å². The summed E-state index contributed by atoms with van der Waals surface area (Å²) >= 11 is 0. The third kappa shape index (κ3) is 3.48. The minimum absolute atomic E-state index is 0.0182. The van der Waals surface area contributed by atoms with Crippen LogP contribution in [0.5, 0.6) is 0 Å². The molecule has 4 aliphatic heterocycles. The Morgan fingerprint density at radius 1 is 0.580 bits per heavy atom. The smallest absolute Gasteiger partial charge is 0.252 e. The van der Waals surface area contributed by atoms with Crippen LogP contribution in [0.25, 0.3) is 0 Å². The molecule has 0 radical (unpaired) electrons. The van der Waals surface area contributed by atoms with Gasteiger partial charge in [-0.05, 0) is 111 Å². The maximum atomic E-state index is 2.87. The molecule has 0 aromatic heterocycles. The molecular formula is C46H48BN3. The zero-order valence-corrected chi connectivity index (χ0v) is 31.0. The highest BCUT2D eigenvalue weighted by Crippen LogP contribution is 2.63. The fourth-order valence-electron chi connectivity index (χ4n) is 11.2. The van der Waals surface area contributed by atoms with Crippen molar-refractivity contribution < 1.29 is 0 Å². The van der Waals surface area contributed by atoms with Crippen LogP contribution in [0.2, 0.25) is 0 Å². The first-order chi connectivity index (χ1) is 23.9. The van der Waals surface area contributed by atoms with E-state index >= 15 is 0 Å². The van der Waals surface area contributed by atoms with Crippen LogP contribution >= 0.6 is 0 Å². The number of fused-ring (bicyclic) bond motifs is 7. The van der Waals surface area contributed by atoms with Crippen molar-refractivity contribution in [3.63, 3.8) is 0 Å². The van der Waals surface area contributed by atoms with Gasteiger partial charge < -0.3 is 14.7 Å². The van der Waals surface area contributed by atoms with E-state index in [9.17, 15) is 0 Å². The van der Waals surface area contributed by atoms with E-state index < -0.39 is 0 Å². The number of hydrogen-bond donors (Lipinski definition) is 0. The second-order valence-electron chi connectivity index (χ2n) is 17.5. The number of para-hydroxylation sites is 2. The number of aryl methyl sites for hydroxylation is 2. The molecule has 0 bridgehead atoms. The molecule has 5 aliphatic rings. The zero-order chi connectivity index (χ0) is 34.5. The van der Waals surface area contributed by atoms with Gasteiger partial charge in [-0.1, -0.05) is 105 Å². The predicted octanol–water partition coefficient (Wildman–Crippen LogP) is 9.87. The summed E-state index contributed by atoms with van der Waals surface area (Å²) in [6, 6.07) is 37.2. The molecule has 5 aromatic rings. The van der Waals surface area contributed by atoms with Gasteiger partial charge in [-0.2, -0.15) is 0 Å². The lowest BCUT2D eigenvalue weighted by Crippen LogP contribution is -2.66. The molecule has 1 saturated carbocycles. The molecule has 0 spiro atoms. The van der Waals surface area contributed by atoms with Gasteiger partial charge in [0.1, 0.15) is 0 Å². The Morgan fingerprint density at radius 3 is 1.70 bits per heavy atom. The Bertz CT molecular complexity index is 2220. The molecule has 4 heterocycles. The maximum Gasteiger partial charge on any atom is 0.252 e. The Labute approximate surface area is 299 Å². The lowest BCUT2D eigenvalue weighted by molar-refractivity contribution is 0.195. The summed E-state index contributed by atoms with van der Waals surface area (Å²) in [7, 11) is 0. The minimum Gasteiger partial charge on any atom is -0.335 e. The second-order valence-corrected chi connectivity index (χ2v) is 17.5. The van der Waals surface area contributed by atoms with Crippen LogP contribution in [0.4, 0.5) is 39.8 Å². The van der Waals surface area contributed by atoms with Gasteiger partial charge in [0.15, 0.2) is 0 Å². The highest BCUT2D eigenvalue weighted by atomic mass is 15.3.